The average Bonchev–Trinajstić information content (AvgIpc) is 3.39. The van der Waals surface area contributed by atoms with Gasteiger partial charge in [-0.3, -0.25) is 4.79 Å². The number of rotatable bonds is 3. The van der Waals surface area contributed by atoms with E-state index in [9.17, 15) is 22.4 Å². The third kappa shape index (κ3) is 4.11. The Morgan fingerprint density at radius 3 is 2.35 bits per heavy atom. The third-order valence-electron chi connectivity index (χ3n) is 5.79. The van der Waals surface area contributed by atoms with E-state index in [1.54, 1.807) is 21.7 Å². The molecule has 0 radical (unpaired) electrons. The highest BCUT2D eigenvalue weighted by molar-refractivity contribution is 7.20. The lowest BCUT2D eigenvalue weighted by Gasteiger charge is -2.35. The first-order valence-electron chi connectivity index (χ1n) is 10.5. The Morgan fingerprint density at radius 1 is 1.03 bits per heavy atom. The van der Waals surface area contributed by atoms with Crippen LogP contribution in [0.25, 0.3) is 15.9 Å². The SMILES string of the molecule is Cc1nn(-c2ccc(F)cc2)c2sc(C(=O)N3CCN(c4ccc(C(F)(F)F)cn4)CC3)cc12. The number of aromatic nitrogens is 3. The van der Waals surface area contributed by atoms with E-state index in [2.05, 4.69) is 10.1 Å². The number of amides is 1. The van der Waals surface area contributed by atoms with E-state index in [1.807, 2.05) is 17.9 Å². The topological polar surface area (TPSA) is 54.3 Å². The van der Waals surface area contributed by atoms with Crippen LogP contribution in [0.4, 0.5) is 23.4 Å². The molecule has 4 aromatic rings. The van der Waals surface area contributed by atoms with Gasteiger partial charge in [-0.25, -0.2) is 14.1 Å². The molecule has 0 N–H and O–H groups in total. The van der Waals surface area contributed by atoms with Crippen LogP contribution >= 0.6 is 11.3 Å². The molecule has 1 saturated heterocycles. The van der Waals surface area contributed by atoms with Crippen molar-refractivity contribution in [2.45, 2.75) is 13.1 Å². The summed E-state index contributed by atoms with van der Waals surface area (Å²) in [5.41, 5.74) is 0.690. The molecule has 1 amide bonds. The largest absolute Gasteiger partial charge is 0.417 e. The van der Waals surface area contributed by atoms with Gasteiger partial charge in [-0.15, -0.1) is 11.3 Å². The fourth-order valence-electron chi connectivity index (χ4n) is 3.95. The van der Waals surface area contributed by atoms with Crippen LogP contribution in [0.5, 0.6) is 0 Å². The molecule has 6 nitrogen and oxygen atoms in total. The monoisotopic (exact) mass is 489 g/mol. The fourth-order valence-corrected chi connectivity index (χ4v) is 5.10. The minimum absolute atomic E-state index is 0.105. The molecule has 0 bridgehead atoms. The van der Waals surface area contributed by atoms with Gasteiger partial charge in [-0.2, -0.15) is 18.3 Å². The predicted molar refractivity (Wildman–Crippen MR) is 121 cm³/mol. The normalized spacial score (nSPS) is 14.7. The maximum atomic E-state index is 13.3. The molecular formula is C23H19F4N5OS. The number of carbonyl (C=O) groups excluding carboxylic acids is 1. The lowest BCUT2D eigenvalue weighted by molar-refractivity contribution is -0.137. The number of hydrogen-bond acceptors (Lipinski definition) is 5. The first-order valence-corrected chi connectivity index (χ1v) is 11.3. The molecule has 34 heavy (non-hydrogen) atoms. The Bertz CT molecular complexity index is 1340. The quantitative estimate of drug-likeness (QED) is 0.384. The first kappa shape index (κ1) is 22.3. The standard InChI is InChI=1S/C23H19F4N5OS/c1-14-18-12-19(34-22(18)32(29-14)17-5-3-16(24)4-6-17)21(33)31-10-8-30(9-11-31)20-7-2-15(13-28-20)23(25,26)27/h2-7,12-13H,8-11H2,1H3. The van der Waals surface area contributed by atoms with Crippen molar-refractivity contribution in [1.29, 1.82) is 0 Å². The van der Waals surface area contributed by atoms with Crippen LogP contribution < -0.4 is 4.90 Å². The molecule has 0 aliphatic carbocycles. The molecule has 4 heterocycles. The Hall–Kier alpha value is -3.47. The number of nitrogens with zero attached hydrogens (tertiary/aromatic N) is 5. The second-order valence-electron chi connectivity index (χ2n) is 7.99. The summed E-state index contributed by atoms with van der Waals surface area (Å²) in [6.07, 6.45) is -3.59. The van der Waals surface area contributed by atoms with E-state index < -0.39 is 11.7 Å². The van der Waals surface area contributed by atoms with Crippen LogP contribution in [-0.4, -0.2) is 51.8 Å². The van der Waals surface area contributed by atoms with Crippen LogP contribution in [0, 0.1) is 12.7 Å². The van der Waals surface area contributed by atoms with Gasteiger partial charge in [0.1, 0.15) is 16.5 Å². The molecule has 3 aromatic heterocycles. The van der Waals surface area contributed by atoms with E-state index in [1.165, 1.54) is 29.5 Å². The molecule has 1 fully saturated rings. The van der Waals surface area contributed by atoms with Crippen LogP contribution in [0.2, 0.25) is 0 Å². The van der Waals surface area contributed by atoms with Gasteiger partial charge in [-0.05, 0) is 49.4 Å². The molecule has 1 aromatic carbocycles. The second kappa shape index (κ2) is 8.39. The van der Waals surface area contributed by atoms with Crippen molar-refractivity contribution in [1.82, 2.24) is 19.7 Å². The lowest BCUT2D eigenvalue weighted by Crippen LogP contribution is -2.48. The number of halogens is 4. The highest BCUT2D eigenvalue weighted by atomic mass is 32.1. The van der Waals surface area contributed by atoms with Crippen molar-refractivity contribution in [2.75, 3.05) is 31.1 Å². The predicted octanol–water partition coefficient (Wildman–Crippen LogP) is 4.91. The summed E-state index contributed by atoms with van der Waals surface area (Å²) in [5.74, 6) is 0.0137. The van der Waals surface area contributed by atoms with Crippen molar-refractivity contribution in [3.63, 3.8) is 0 Å². The Morgan fingerprint density at radius 2 is 1.74 bits per heavy atom. The zero-order valence-corrected chi connectivity index (χ0v) is 18.8. The van der Waals surface area contributed by atoms with Crippen LogP contribution in [-0.2, 0) is 6.18 Å². The number of thiophene rings is 1. The van der Waals surface area contributed by atoms with Crippen molar-refractivity contribution < 1.29 is 22.4 Å². The Kier molecular flexibility index (Phi) is 5.51. The number of benzene rings is 1. The molecule has 0 atom stereocenters. The van der Waals surface area contributed by atoms with E-state index >= 15 is 0 Å². The first-order chi connectivity index (χ1) is 16.2. The van der Waals surface area contributed by atoms with Gasteiger partial charge in [0.25, 0.3) is 5.91 Å². The van der Waals surface area contributed by atoms with Gasteiger partial charge in [0.2, 0.25) is 0 Å². The van der Waals surface area contributed by atoms with Gasteiger partial charge in [-0.1, -0.05) is 0 Å². The summed E-state index contributed by atoms with van der Waals surface area (Å²) in [7, 11) is 0. The zero-order chi connectivity index (χ0) is 24.0. The highest BCUT2D eigenvalue weighted by Crippen LogP contribution is 2.32. The lowest BCUT2D eigenvalue weighted by atomic mass is 10.2. The summed E-state index contributed by atoms with van der Waals surface area (Å²) in [4.78, 5) is 22.1. The molecule has 5 rings (SSSR count). The Balaban J connectivity index is 1.30. The molecule has 1 aliphatic rings. The molecule has 0 saturated carbocycles. The van der Waals surface area contributed by atoms with E-state index in [4.69, 9.17) is 0 Å². The van der Waals surface area contributed by atoms with Crippen LogP contribution in [0.3, 0.4) is 0 Å². The molecule has 11 heteroatoms. The van der Waals surface area contributed by atoms with Crippen LogP contribution in [0.1, 0.15) is 20.9 Å². The van der Waals surface area contributed by atoms with Gasteiger partial charge in [0.15, 0.2) is 0 Å². The number of aryl methyl sites for hydroxylation is 1. The van der Waals surface area contributed by atoms with E-state index in [0.29, 0.717) is 42.6 Å². The number of hydrogen-bond donors (Lipinski definition) is 0. The molecule has 1 aliphatic heterocycles. The summed E-state index contributed by atoms with van der Waals surface area (Å²) >= 11 is 1.33. The number of pyridine rings is 1. The van der Waals surface area contributed by atoms with Crippen molar-refractivity contribution in [3.8, 4) is 5.69 Å². The summed E-state index contributed by atoms with van der Waals surface area (Å²) in [6, 6.07) is 10.2. The van der Waals surface area contributed by atoms with Gasteiger partial charge >= 0.3 is 6.18 Å². The zero-order valence-electron chi connectivity index (χ0n) is 18.0. The maximum Gasteiger partial charge on any atom is 0.417 e. The van der Waals surface area contributed by atoms with Gasteiger partial charge < -0.3 is 9.80 Å². The maximum absolute atomic E-state index is 13.3. The molecule has 176 valence electrons. The molecule has 0 spiro atoms. The smallest absolute Gasteiger partial charge is 0.353 e. The second-order valence-corrected chi connectivity index (χ2v) is 9.02. The molecular weight excluding hydrogens is 470 g/mol. The van der Waals surface area contributed by atoms with Crippen molar-refractivity contribution >= 4 is 33.3 Å². The minimum atomic E-state index is -4.42. The fraction of sp³-hybridized carbons (Fsp3) is 0.261. The summed E-state index contributed by atoms with van der Waals surface area (Å²) < 4.78 is 53.3. The number of fused-ring (bicyclic) bond motifs is 1. The highest BCUT2D eigenvalue weighted by Gasteiger charge is 2.31. The number of carbonyl (C=O) groups is 1. The van der Waals surface area contributed by atoms with Crippen molar-refractivity contribution in [3.05, 3.63) is 70.6 Å². The number of piperazine rings is 1. The number of anilines is 1. The molecule has 0 unspecified atom stereocenters. The van der Waals surface area contributed by atoms with Crippen molar-refractivity contribution in [2.24, 2.45) is 0 Å². The summed E-state index contributed by atoms with van der Waals surface area (Å²) in [6.45, 7) is 3.66. The van der Waals surface area contributed by atoms with Crippen LogP contribution in [0.15, 0.2) is 48.7 Å². The average molecular weight is 489 g/mol. The van der Waals surface area contributed by atoms with E-state index in [0.717, 1.165) is 28.2 Å². The Labute approximate surface area is 196 Å². The third-order valence-corrected chi connectivity index (χ3v) is 6.89. The minimum Gasteiger partial charge on any atom is -0.353 e. The van der Waals surface area contributed by atoms with Gasteiger partial charge in [0, 0.05) is 37.8 Å². The number of alkyl halides is 3. The van der Waals surface area contributed by atoms with Gasteiger partial charge in [0.05, 0.1) is 21.8 Å². The summed E-state index contributed by atoms with van der Waals surface area (Å²) in [5, 5.41) is 5.39. The van der Waals surface area contributed by atoms with E-state index in [-0.39, 0.29) is 11.7 Å².